The highest BCUT2D eigenvalue weighted by Crippen LogP contribution is 2.31. The first-order valence-electron chi connectivity index (χ1n) is 9.28. The molecule has 1 fully saturated rings. The number of hydrogen-bond acceptors (Lipinski definition) is 4. The van der Waals surface area contributed by atoms with Gasteiger partial charge in [-0.05, 0) is 55.4 Å². The summed E-state index contributed by atoms with van der Waals surface area (Å²) in [5, 5.41) is 0. The van der Waals surface area contributed by atoms with Crippen molar-refractivity contribution in [2.45, 2.75) is 17.5 Å². The van der Waals surface area contributed by atoms with E-state index in [1.54, 1.807) is 6.07 Å². The van der Waals surface area contributed by atoms with Gasteiger partial charge in [-0.1, -0.05) is 6.07 Å². The maximum atomic E-state index is 12.9. The minimum Gasteiger partial charge on any atom is -0.369 e. The van der Waals surface area contributed by atoms with E-state index >= 15 is 0 Å². The van der Waals surface area contributed by atoms with Crippen LogP contribution in [0, 0.1) is 5.82 Å². The Morgan fingerprint density at radius 3 is 2.21 bits per heavy atom. The Kier molecular flexibility index (Phi) is 6.48. The van der Waals surface area contributed by atoms with E-state index in [0.717, 1.165) is 24.3 Å². The molecule has 1 saturated heterocycles. The Bertz CT molecular complexity index is 922. The molecule has 0 aromatic heterocycles. The number of anilines is 1. The van der Waals surface area contributed by atoms with Crippen molar-refractivity contribution < 1.29 is 26.0 Å². The molecule has 4 nitrogen and oxygen atoms in total. The first-order valence-corrected chi connectivity index (χ1v) is 10.9. The van der Waals surface area contributed by atoms with Crippen molar-refractivity contribution in [3.63, 3.8) is 0 Å². The molecule has 0 atom stereocenters. The average Bonchev–Trinajstić information content (AvgIpc) is 2.68. The number of halogens is 4. The molecule has 29 heavy (non-hydrogen) atoms. The second-order valence-electron chi connectivity index (χ2n) is 7.00. The van der Waals surface area contributed by atoms with Crippen molar-refractivity contribution in [3.8, 4) is 0 Å². The molecule has 0 spiro atoms. The van der Waals surface area contributed by atoms with Crippen molar-refractivity contribution in [2.75, 3.05) is 43.4 Å². The molecule has 0 bridgehead atoms. The molecule has 0 saturated carbocycles. The normalized spacial score (nSPS) is 16.2. The third-order valence-corrected chi connectivity index (χ3v) is 6.79. The van der Waals surface area contributed by atoms with Crippen molar-refractivity contribution in [1.29, 1.82) is 0 Å². The van der Waals surface area contributed by atoms with Crippen LogP contribution in [0.1, 0.15) is 12.0 Å². The second kappa shape index (κ2) is 8.71. The highest BCUT2D eigenvalue weighted by Gasteiger charge is 2.31. The fraction of sp³-hybridized carbons (Fsp3) is 0.400. The Morgan fingerprint density at radius 1 is 0.931 bits per heavy atom. The third-order valence-electron chi connectivity index (χ3n) is 4.97. The van der Waals surface area contributed by atoms with Crippen LogP contribution in [0.3, 0.4) is 0 Å². The Balaban J connectivity index is 1.48. The van der Waals surface area contributed by atoms with Crippen molar-refractivity contribution >= 4 is 15.5 Å². The lowest BCUT2D eigenvalue weighted by Crippen LogP contribution is -2.46. The molecule has 3 rings (SSSR count). The summed E-state index contributed by atoms with van der Waals surface area (Å²) in [5.74, 6) is -0.519. The SMILES string of the molecule is O=S(=O)(CCCN1CCN(c2cccc(C(F)(F)F)c2)CC1)c1ccc(F)cc1. The molecule has 0 amide bonds. The predicted octanol–water partition coefficient (Wildman–Crippen LogP) is 3.83. The number of nitrogens with zero attached hydrogens (tertiary/aromatic N) is 2. The van der Waals surface area contributed by atoms with Crippen LogP contribution in [0.25, 0.3) is 0 Å². The largest absolute Gasteiger partial charge is 0.416 e. The number of sulfone groups is 1. The van der Waals surface area contributed by atoms with Crippen LogP contribution >= 0.6 is 0 Å². The molecule has 0 radical (unpaired) electrons. The smallest absolute Gasteiger partial charge is 0.369 e. The van der Waals surface area contributed by atoms with Crippen molar-refractivity contribution in [2.24, 2.45) is 0 Å². The lowest BCUT2D eigenvalue weighted by Gasteiger charge is -2.36. The highest BCUT2D eigenvalue weighted by atomic mass is 32.2. The number of alkyl halides is 3. The van der Waals surface area contributed by atoms with Crippen LogP contribution in [-0.4, -0.2) is 51.8 Å². The number of benzene rings is 2. The summed E-state index contributed by atoms with van der Waals surface area (Å²) in [6.45, 7) is 3.02. The molecule has 2 aromatic carbocycles. The van der Waals surface area contributed by atoms with E-state index in [9.17, 15) is 26.0 Å². The molecule has 1 aliphatic heterocycles. The fourth-order valence-electron chi connectivity index (χ4n) is 3.35. The summed E-state index contributed by atoms with van der Waals surface area (Å²) in [6, 6.07) is 10.1. The van der Waals surface area contributed by atoms with Crippen LogP contribution in [0.15, 0.2) is 53.4 Å². The number of rotatable bonds is 6. The first kappa shape index (κ1) is 21.6. The van der Waals surface area contributed by atoms with Crippen LogP contribution in [-0.2, 0) is 16.0 Å². The summed E-state index contributed by atoms with van der Waals surface area (Å²) in [4.78, 5) is 4.11. The highest BCUT2D eigenvalue weighted by molar-refractivity contribution is 7.91. The topological polar surface area (TPSA) is 40.6 Å². The van der Waals surface area contributed by atoms with Gasteiger partial charge < -0.3 is 4.90 Å². The van der Waals surface area contributed by atoms with Gasteiger partial charge in [0.1, 0.15) is 5.82 Å². The van der Waals surface area contributed by atoms with Gasteiger partial charge in [0, 0.05) is 31.9 Å². The van der Waals surface area contributed by atoms with Gasteiger partial charge in [-0.2, -0.15) is 13.2 Å². The second-order valence-corrected chi connectivity index (χ2v) is 9.11. The lowest BCUT2D eigenvalue weighted by atomic mass is 10.1. The van der Waals surface area contributed by atoms with Crippen LogP contribution in [0.5, 0.6) is 0 Å². The molecular formula is C20H22F4N2O2S. The van der Waals surface area contributed by atoms with Crippen molar-refractivity contribution in [1.82, 2.24) is 4.90 Å². The summed E-state index contributed by atoms with van der Waals surface area (Å²) < 4.78 is 76.2. The molecule has 1 aliphatic rings. The molecule has 2 aromatic rings. The molecule has 0 aliphatic carbocycles. The molecular weight excluding hydrogens is 408 g/mol. The lowest BCUT2D eigenvalue weighted by molar-refractivity contribution is -0.137. The van der Waals surface area contributed by atoms with E-state index in [4.69, 9.17) is 0 Å². The van der Waals surface area contributed by atoms with E-state index in [1.165, 1.54) is 18.2 Å². The Hall–Kier alpha value is -2.13. The van der Waals surface area contributed by atoms with E-state index in [2.05, 4.69) is 4.90 Å². The zero-order valence-corrected chi connectivity index (χ0v) is 16.5. The first-order chi connectivity index (χ1) is 13.6. The number of hydrogen-bond donors (Lipinski definition) is 0. The van der Waals surface area contributed by atoms with Gasteiger partial charge in [0.2, 0.25) is 0 Å². The van der Waals surface area contributed by atoms with E-state index in [0.29, 0.717) is 44.8 Å². The third kappa shape index (κ3) is 5.70. The molecule has 9 heteroatoms. The maximum absolute atomic E-state index is 12.9. The van der Waals surface area contributed by atoms with Gasteiger partial charge >= 0.3 is 6.18 Å². The van der Waals surface area contributed by atoms with Gasteiger partial charge in [-0.15, -0.1) is 0 Å². The fourth-order valence-corrected chi connectivity index (χ4v) is 4.64. The van der Waals surface area contributed by atoms with E-state index < -0.39 is 27.4 Å². The maximum Gasteiger partial charge on any atom is 0.416 e. The standard InChI is InChI=1S/C20H22F4N2O2S/c21-17-5-7-19(8-6-17)29(27,28)14-2-9-25-10-12-26(13-11-25)18-4-1-3-16(15-18)20(22,23)24/h1,3-8,15H,2,9-14H2. The molecule has 158 valence electrons. The van der Waals surface area contributed by atoms with Crippen LogP contribution < -0.4 is 4.90 Å². The molecule has 1 heterocycles. The van der Waals surface area contributed by atoms with Gasteiger partial charge in [0.25, 0.3) is 0 Å². The zero-order valence-electron chi connectivity index (χ0n) is 15.7. The van der Waals surface area contributed by atoms with Crippen LogP contribution in [0.2, 0.25) is 0 Å². The van der Waals surface area contributed by atoms with E-state index in [-0.39, 0.29) is 10.6 Å². The monoisotopic (exact) mass is 430 g/mol. The van der Waals surface area contributed by atoms with E-state index in [1.807, 2.05) is 4.90 Å². The van der Waals surface area contributed by atoms with Gasteiger partial charge in [-0.25, -0.2) is 12.8 Å². The number of piperazine rings is 1. The van der Waals surface area contributed by atoms with Gasteiger partial charge in [0.05, 0.1) is 16.2 Å². The van der Waals surface area contributed by atoms with Crippen LogP contribution in [0.4, 0.5) is 23.2 Å². The summed E-state index contributed by atoms with van der Waals surface area (Å²) in [6.07, 6.45) is -3.93. The van der Waals surface area contributed by atoms with Gasteiger partial charge in [0.15, 0.2) is 9.84 Å². The quantitative estimate of drug-likeness (QED) is 0.516. The summed E-state index contributed by atoms with van der Waals surface area (Å²) in [7, 11) is -3.46. The average molecular weight is 430 g/mol. The van der Waals surface area contributed by atoms with Crippen molar-refractivity contribution in [3.05, 3.63) is 59.9 Å². The summed E-state index contributed by atoms with van der Waals surface area (Å²) >= 11 is 0. The Morgan fingerprint density at radius 2 is 1.59 bits per heavy atom. The van der Waals surface area contributed by atoms with Gasteiger partial charge in [-0.3, -0.25) is 4.90 Å². The zero-order chi connectivity index (χ0) is 21.1. The Labute approximate surface area is 167 Å². The predicted molar refractivity (Wildman–Crippen MR) is 103 cm³/mol. The molecule has 0 unspecified atom stereocenters. The molecule has 0 N–H and O–H groups in total. The summed E-state index contributed by atoms with van der Waals surface area (Å²) in [5.41, 5.74) is -0.123. The minimum atomic E-state index is -4.37. The minimum absolute atomic E-state index is 0.0352.